The molecule has 29 heavy (non-hydrogen) atoms. The van der Waals surface area contributed by atoms with E-state index in [0.29, 0.717) is 19.6 Å². The molecular weight excluding hydrogens is 358 g/mol. The predicted octanol–water partition coefficient (Wildman–Crippen LogP) is 4.81. The first-order valence-corrected chi connectivity index (χ1v) is 10.2. The summed E-state index contributed by atoms with van der Waals surface area (Å²) in [4.78, 5) is 14.9. The molecule has 0 saturated heterocycles. The third kappa shape index (κ3) is 4.75. The maximum absolute atomic E-state index is 13.1. The highest BCUT2D eigenvalue weighted by molar-refractivity contribution is 5.77. The van der Waals surface area contributed by atoms with E-state index in [0.717, 1.165) is 6.42 Å². The molecule has 1 aliphatic heterocycles. The first kappa shape index (κ1) is 19.4. The number of ether oxygens (including phenoxy) is 1. The van der Waals surface area contributed by atoms with E-state index in [9.17, 15) is 4.79 Å². The molecule has 3 aromatic carbocycles. The number of benzene rings is 3. The van der Waals surface area contributed by atoms with Crippen molar-refractivity contribution in [2.45, 2.75) is 31.5 Å². The molecule has 0 aromatic heterocycles. The van der Waals surface area contributed by atoms with E-state index in [1.807, 2.05) is 54.4 Å². The van der Waals surface area contributed by atoms with Crippen molar-refractivity contribution < 1.29 is 9.53 Å². The molecule has 4 rings (SSSR count). The molecule has 3 heteroatoms. The van der Waals surface area contributed by atoms with Crippen molar-refractivity contribution in [3.8, 4) is 0 Å². The van der Waals surface area contributed by atoms with Gasteiger partial charge in [0.25, 0.3) is 0 Å². The zero-order valence-corrected chi connectivity index (χ0v) is 16.8. The van der Waals surface area contributed by atoms with Crippen LogP contribution in [0.15, 0.2) is 84.9 Å². The zero-order valence-electron chi connectivity index (χ0n) is 16.8. The van der Waals surface area contributed by atoms with Crippen LogP contribution < -0.4 is 0 Å². The van der Waals surface area contributed by atoms with Crippen molar-refractivity contribution in [2.24, 2.45) is 0 Å². The average molecular weight is 386 g/mol. The topological polar surface area (TPSA) is 29.5 Å². The van der Waals surface area contributed by atoms with Gasteiger partial charge in [-0.2, -0.15) is 0 Å². The van der Waals surface area contributed by atoms with Gasteiger partial charge >= 0.3 is 0 Å². The lowest BCUT2D eigenvalue weighted by Crippen LogP contribution is -2.38. The summed E-state index contributed by atoms with van der Waals surface area (Å²) in [6.07, 6.45) is 1.35. The third-order valence-electron chi connectivity index (χ3n) is 5.73. The summed E-state index contributed by atoms with van der Waals surface area (Å²) >= 11 is 0. The molecule has 0 N–H and O–H groups in total. The van der Waals surface area contributed by atoms with Gasteiger partial charge in [0.05, 0.1) is 12.7 Å². The molecule has 0 radical (unpaired) electrons. The minimum atomic E-state index is 0.0470. The minimum absolute atomic E-state index is 0.0470. The number of fused-ring (bicyclic) bond motifs is 1. The Morgan fingerprint density at radius 1 is 0.897 bits per heavy atom. The Hall–Kier alpha value is -2.91. The van der Waals surface area contributed by atoms with Gasteiger partial charge in [-0.1, -0.05) is 84.9 Å². The summed E-state index contributed by atoms with van der Waals surface area (Å²) in [6, 6.07) is 29.0. The van der Waals surface area contributed by atoms with Crippen molar-refractivity contribution in [1.82, 2.24) is 4.90 Å². The van der Waals surface area contributed by atoms with Gasteiger partial charge in [0.1, 0.15) is 0 Å². The monoisotopic (exact) mass is 385 g/mol. The van der Waals surface area contributed by atoms with Gasteiger partial charge in [-0.15, -0.1) is 0 Å². The standard InChI is InChI=1S/C26H27NO2/c1-27(18-24-16-22-14-8-9-15-23(22)19-29-24)26(28)17-25(20-10-4-2-5-11-20)21-12-6-3-7-13-21/h2-15,24-25H,16-19H2,1H3. The fourth-order valence-electron chi connectivity index (χ4n) is 4.06. The molecule has 148 valence electrons. The fraction of sp³-hybridized carbons (Fsp3) is 0.269. The minimum Gasteiger partial charge on any atom is -0.371 e. The molecule has 0 fully saturated rings. The highest BCUT2D eigenvalue weighted by Crippen LogP contribution is 2.29. The molecule has 0 saturated carbocycles. The van der Waals surface area contributed by atoms with Crippen molar-refractivity contribution >= 4 is 5.91 Å². The highest BCUT2D eigenvalue weighted by Gasteiger charge is 2.24. The van der Waals surface area contributed by atoms with E-state index in [2.05, 4.69) is 42.5 Å². The maximum atomic E-state index is 13.1. The predicted molar refractivity (Wildman–Crippen MR) is 116 cm³/mol. The third-order valence-corrected chi connectivity index (χ3v) is 5.73. The van der Waals surface area contributed by atoms with Crippen LogP contribution in [0.25, 0.3) is 0 Å². The van der Waals surface area contributed by atoms with E-state index < -0.39 is 0 Å². The Kier molecular flexibility index (Phi) is 6.06. The Bertz CT molecular complexity index is 900. The van der Waals surface area contributed by atoms with Crippen molar-refractivity contribution in [3.63, 3.8) is 0 Å². The van der Waals surface area contributed by atoms with Gasteiger partial charge in [0.2, 0.25) is 5.91 Å². The molecule has 3 aromatic rings. The smallest absolute Gasteiger partial charge is 0.223 e. The molecule has 1 heterocycles. The van der Waals surface area contributed by atoms with E-state index in [4.69, 9.17) is 4.74 Å². The van der Waals surface area contributed by atoms with Crippen molar-refractivity contribution in [1.29, 1.82) is 0 Å². The van der Waals surface area contributed by atoms with Crippen LogP contribution in [0.5, 0.6) is 0 Å². The van der Waals surface area contributed by atoms with Gasteiger partial charge in [-0.05, 0) is 22.3 Å². The number of likely N-dealkylation sites (N-methyl/N-ethyl adjacent to an activating group) is 1. The summed E-state index contributed by atoms with van der Waals surface area (Å²) in [5, 5.41) is 0. The van der Waals surface area contributed by atoms with Crippen LogP contribution in [-0.2, 0) is 22.6 Å². The molecule has 1 aliphatic rings. The molecule has 3 nitrogen and oxygen atoms in total. The van der Waals surface area contributed by atoms with E-state index in [-0.39, 0.29) is 17.9 Å². The van der Waals surface area contributed by atoms with E-state index >= 15 is 0 Å². The van der Waals surface area contributed by atoms with Crippen LogP contribution in [0.4, 0.5) is 0 Å². The van der Waals surface area contributed by atoms with Crippen molar-refractivity contribution in [3.05, 3.63) is 107 Å². The average Bonchev–Trinajstić information content (AvgIpc) is 2.78. The van der Waals surface area contributed by atoms with Gasteiger partial charge in [-0.25, -0.2) is 0 Å². The summed E-state index contributed by atoms with van der Waals surface area (Å²) in [5.74, 6) is 0.200. The first-order chi connectivity index (χ1) is 14.2. The molecule has 0 bridgehead atoms. The second kappa shape index (κ2) is 9.06. The van der Waals surface area contributed by atoms with Gasteiger partial charge in [-0.3, -0.25) is 4.79 Å². The number of carbonyl (C=O) groups is 1. The molecule has 0 aliphatic carbocycles. The lowest BCUT2D eigenvalue weighted by atomic mass is 9.88. The maximum Gasteiger partial charge on any atom is 0.223 e. The molecular formula is C26H27NO2. The normalized spacial score (nSPS) is 15.7. The Morgan fingerprint density at radius 2 is 1.45 bits per heavy atom. The fourth-order valence-corrected chi connectivity index (χ4v) is 4.06. The Balaban J connectivity index is 1.44. The quantitative estimate of drug-likeness (QED) is 0.609. The van der Waals surface area contributed by atoms with Gasteiger partial charge in [0, 0.05) is 32.4 Å². The number of carbonyl (C=O) groups excluding carboxylic acids is 1. The largest absolute Gasteiger partial charge is 0.371 e. The lowest BCUT2D eigenvalue weighted by molar-refractivity contribution is -0.132. The number of amides is 1. The Labute approximate surface area is 172 Å². The number of nitrogens with zero attached hydrogens (tertiary/aromatic N) is 1. The summed E-state index contributed by atoms with van der Waals surface area (Å²) in [6.45, 7) is 1.24. The number of hydrogen-bond acceptors (Lipinski definition) is 2. The van der Waals surface area contributed by atoms with Crippen LogP contribution >= 0.6 is 0 Å². The van der Waals surface area contributed by atoms with Gasteiger partial charge < -0.3 is 9.64 Å². The van der Waals surface area contributed by atoms with Crippen molar-refractivity contribution in [2.75, 3.05) is 13.6 Å². The lowest BCUT2D eigenvalue weighted by Gasteiger charge is -2.30. The van der Waals surface area contributed by atoms with Crippen LogP contribution in [0, 0.1) is 0 Å². The van der Waals surface area contributed by atoms with Crippen LogP contribution in [0.3, 0.4) is 0 Å². The van der Waals surface area contributed by atoms with Crippen LogP contribution in [-0.4, -0.2) is 30.5 Å². The summed E-state index contributed by atoms with van der Waals surface area (Å²) < 4.78 is 6.01. The number of hydrogen-bond donors (Lipinski definition) is 0. The summed E-state index contributed by atoms with van der Waals surface area (Å²) in [7, 11) is 1.89. The highest BCUT2D eigenvalue weighted by atomic mass is 16.5. The second-order valence-corrected chi connectivity index (χ2v) is 7.76. The molecule has 0 spiro atoms. The first-order valence-electron chi connectivity index (χ1n) is 10.2. The van der Waals surface area contributed by atoms with Crippen LogP contribution in [0.2, 0.25) is 0 Å². The zero-order chi connectivity index (χ0) is 20.1. The Morgan fingerprint density at radius 3 is 2.07 bits per heavy atom. The molecule has 1 atom stereocenters. The van der Waals surface area contributed by atoms with Gasteiger partial charge in [0.15, 0.2) is 0 Å². The van der Waals surface area contributed by atoms with E-state index in [1.165, 1.54) is 22.3 Å². The van der Waals surface area contributed by atoms with Crippen LogP contribution in [0.1, 0.15) is 34.6 Å². The molecule has 1 amide bonds. The SMILES string of the molecule is CN(CC1Cc2ccccc2CO1)C(=O)CC(c1ccccc1)c1ccccc1. The number of rotatable bonds is 6. The second-order valence-electron chi connectivity index (χ2n) is 7.76. The summed E-state index contributed by atoms with van der Waals surface area (Å²) in [5.41, 5.74) is 4.92. The van der Waals surface area contributed by atoms with E-state index in [1.54, 1.807) is 0 Å². The molecule has 1 unspecified atom stereocenters.